The Bertz CT molecular complexity index is 705. The van der Waals surface area contributed by atoms with Crippen LogP contribution in [0.1, 0.15) is 40.0 Å². The molecule has 2 aliphatic rings. The van der Waals surface area contributed by atoms with Gasteiger partial charge in [0.25, 0.3) is 0 Å². The lowest BCUT2D eigenvalue weighted by Crippen LogP contribution is -2.53. The molecular formula is C22H35N5O3. The second kappa shape index (κ2) is 9.64. The molecule has 8 heteroatoms. The first-order valence-corrected chi connectivity index (χ1v) is 10.9. The van der Waals surface area contributed by atoms with Crippen molar-refractivity contribution in [3.05, 3.63) is 24.5 Å². The Morgan fingerprint density at radius 1 is 1.07 bits per heavy atom. The number of ether oxygens (including phenoxy) is 1. The maximum absolute atomic E-state index is 12.8. The van der Waals surface area contributed by atoms with Crippen molar-refractivity contribution in [3.63, 3.8) is 0 Å². The molecule has 3 rings (SSSR count). The van der Waals surface area contributed by atoms with Crippen molar-refractivity contribution >= 4 is 17.7 Å². The lowest BCUT2D eigenvalue weighted by molar-refractivity contribution is -0.133. The average Bonchev–Trinajstić information content (AvgIpc) is 2.73. The minimum Gasteiger partial charge on any atom is -0.444 e. The fourth-order valence-electron chi connectivity index (χ4n) is 4.11. The Morgan fingerprint density at radius 3 is 2.23 bits per heavy atom. The minimum atomic E-state index is -0.482. The first-order chi connectivity index (χ1) is 14.2. The highest BCUT2D eigenvalue weighted by atomic mass is 16.6. The predicted molar refractivity (Wildman–Crippen MR) is 116 cm³/mol. The van der Waals surface area contributed by atoms with Crippen molar-refractivity contribution in [2.24, 2.45) is 11.7 Å². The summed E-state index contributed by atoms with van der Waals surface area (Å²) >= 11 is 0. The third kappa shape index (κ3) is 6.08. The smallest absolute Gasteiger partial charge is 0.410 e. The molecule has 0 spiro atoms. The number of carbonyl (C=O) groups is 2. The van der Waals surface area contributed by atoms with Gasteiger partial charge < -0.3 is 25.2 Å². The number of piperazine rings is 1. The van der Waals surface area contributed by atoms with Crippen molar-refractivity contribution in [1.29, 1.82) is 0 Å². The molecule has 2 aliphatic heterocycles. The Kier molecular flexibility index (Phi) is 7.18. The van der Waals surface area contributed by atoms with Gasteiger partial charge in [-0.05, 0) is 58.1 Å². The Labute approximate surface area is 179 Å². The molecule has 0 aromatic carbocycles. The quantitative estimate of drug-likeness (QED) is 0.807. The van der Waals surface area contributed by atoms with Crippen LogP contribution in [-0.4, -0.2) is 77.7 Å². The summed E-state index contributed by atoms with van der Waals surface area (Å²) < 4.78 is 5.45. The second-order valence-corrected chi connectivity index (χ2v) is 9.27. The molecule has 1 aromatic rings. The second-order valence-electron chi connectivity index (χ2n) is 9.27. The topological polar surface area (TPSA) is 92.0 Å². The highest BCUT2D eigenvalue weighted by Gasteiger charge is 2.31. The zero-order chi connectivity index (χ0) is 21.7. The molecule has 166 valence electrons. The summed E-state index contributed by atoms with van der Waals surface area (Å²) in [5.41, 5.74) is 6.94. The fourth-order valence-corrected chi connectivity index (χ4v) is 4.11. The van der Waals surface area contributed by atoms with E-state index < -0.39 is 11.6 Å². The normalized spacial score (nSPS) is 19.5. The van der Waals surface area contributed by atoms with E-state index in [1.807, 2.05) is 37.8 Å². The summed E-state index contributed by atoms with van der Waals surface area (Å²) in [4.78, 5) is 35.0. The highest BCUT2D eigenvalue weighted by molar-refractivity contribution is 5.82. The first kappa shape index (κ1) is 22.3. The summed E-state index contributed by atoms with van der Waals surface area (Å²) in [6.07, 6.45) is 5.71. The van der Waals surface area contributed by atoms with Crippen LogP contribution >= 0.6 is 0 Å². The molecule has 1 aromatic heterocycles. The molecule has 1 atom stereocenters. The summed E-state index contributed by atoms with van der Waals surface area (Å²) in [5.74, 6) is 0.402. The van der Waals surface area contributed by atoms with E-state index in [9.17, 15) is 9.59 Å². The van der Waals surface area contributed by atoms with Gasteiger partial charge >= 0.3 is 6.09 Å². The van der Waals surface area contributed by atoms with Gasteiger partial charge in [0.1, 0.15) is 5.60 Å². The van der Waals surface area contributed by atoms with Gasteiger partial charge in [0.15, 0.2) is 0 Å². The van der Waals surface area contributed by atoms with E-state index in [2.05, 4.69) is 9.88 Å². The van der Waals surface area contributed by atoms with Crippen LogP contribution in [0.25, 0.3) is 0 Å². The van der Waals surface area contributed by atoms with Crippen LogP contribution in [0.15, 0.2) is 24.5 Å². The number of hydrogen-bond acceptors (Lipinski definition) is 6. The lowest BCUT2D eigenvalue weighted by Gasteiger charge is -2.38. The average molecular weight is 418 g/mol. The number of aromatic nitrogens is 1. The molecule has 0 aliphatic carbocycles. The minimum absolute atomic E-state index is 0.0407. The van der Waals surface area contributed by atoms with Crippen molar-refractivity contribution in [2.45, 2.75) is 51.7 Å². The molecule has 8 nitrogen and oxygen atoms in total. The molecule has 2 amide bonds. The van der Waals surface area contributed by atoms with Gasteiger partial charge in [0.2, 0.25) is 5.91 Å². The van der Waals surface area contributed by atoms with E-state index in [4.69, 9.17) is 10.5 Å². The molecule has 3 heterocycles. The Hall–Kier alpha value is -2.35. The van der Waals surface area contributed by atoms with Crippen molar-refractivity contribution in [1.82, 2.24) is 14.8 Å². The van der Waals surface area contributed by atoms with Crippen molar-refractivity contribution in [2.75, 3.05) is 44.2 Å². The van der Waals surface area contributed by atoms with Crippen LogP contribution in [0.4, 0.5) is 10.5 Å². The van der Waals surface area contributed by atoms with E-state index in [1.54, 1.807) is 17.3 Å². The number of carbonyl (C=O) groups excluding carboxylic acids is 2. The van der Waals surface area contributed by atoms with Crippen LogP contribution in [-0.2, 0) is 9.53 Å². The van der Waals surface area contributed by atoms with E-state index in [0.717, 1.165) is 31.6 Å². The van der Waals surface area contributed by atoms with Crippen LogP contribution < -0.4 is 10.6 Å². The molecule has 2 saturated heterocycles. The van der Waals surface area contributed by atoms with E-state index in [-0.39, 0.29) is 12.0 Å². The number of hydrogen-bond donors (Lipinski definition) is 1. The molecule has 30 heavy (non-hydrogen) atoms. The van der Waals surface area contributed by atoms with Gasteiger partial charge in [0, 0.05) is 57.3 Å². The van der Waals surface area contributed by atoms with Gasteiger partial charge in [-0.3, -0.25) is 9.78 Å². The third-order valence-corrected chi connectivity index (χ3v) is 5.79. The van der Waals surface area contributed by atoms with Crippen molar-refractivity contribution < 1.29 is 14.3 Å². The number of piperidine rings is 1. The SMILES string of the molecule is CC(C)(C)OC(=O)N1CCC(CC(N)C(=O)N2CCN(c3ccncc3)CC2)CC1. The zero-order valence-electron chi connectivity index (χ0n) is 18.4. The van der Waals surface area contributed by atoms with Crippen LogP contribution in [0.2, 0.25) is 0 Å². The Balaban J connectivity index is 1.41. The Morgan fingerprint density at radius 2 is 1.67 bits per heavy atom. The number of anilines is 1. The highest BCUT2D eigenvalue weighted by Crippen LogP contribution is 2.24. The monoisotopic (exact) mass is 417 g/mol. The van der Waals surface area contributed by atoms with Gasteiger partial charge in [-0.1, -0.05) is 0 Å². The summed E-state index contributed by atoms with van der Waals surface area (Å²) in [7, 11) is 0. The lowest BCUT2D eigenvalue weighted by atomic mass is 9.90. The maximum Gasteiger partial charge on any atom is 0.410 e. The van der Waals surface area contributed by atoms with Gasteiger partial charge in [0.05, 0.1) is 6.04 Å². The number of rotatable bonds is 4. The van der Waals surface area contributed by atoms with E-state index >= 15 is 0 Å². The summed E-state index contributed by atoms with van der Waals surface area (Å²) in [6.45, 7) is 9.92. The molecule has 1 unspecified atom stereocenters. The van der Waals surface area contributed by atoms with E-state index in [1.165, 1.54) is 0 Å². The standard InChI is InChI=1S/C22H35N5O3/c1-22(2,3)30-21(29)27-10-6-17(7-11-27)16-19(23)20(28)26-14-12-25(13-15-26)18-4-8-24-9-5-18/h4-5,8-9,17,19H,6-7,10-16,23H2,1-3H3. The number of nitrogens with zero attached hydrogens (tertiary/aromatic N) is 4. The van der Waals surface area contributed by atoms with Gasteiger partial charge in [-0.25, -0.2) is 4.79 Å². The van der Waals surface area contributed by atoms with Gasteiger partial charge in [-0.2, -0.15) is 0 Å². The first-order valence-electron chi connectivity index (χ1n) is 10.9. The number of amides is 2. The number of nitrogens with two attached hydrogens (primary N) is 1. The molecule has 0 bridgehead atoms. The fraction of sp³-hybridized carbons (Fsp3) is 0.682. The molecule has 2 N–H and O–H groups in total. The molecule has 2 fully saturated rings. The predicted octanol–water partition coefficient (Wildman–Crippen LogP) is 2.09. The largest absolute Gasteiger partial charge is 0.444 e. The van der Waals surface area contributed by atoms with Crippen molar-refractivity contribution in [3.8, 4) is 0 Å². The molecular weight excluding hydrogens is 382 g/mol. The summed E-state index contributed by atoms with van der Waals surface area (Å²) in [5, 5.41) is 0. The molecule has 0 radical (unpaired) electrons. The maximum atomic E-state index is 12.8. The number of likely N-dealkylation sites (tertiary alicyclic amines) is 1. The van der Waals surface area contributed by atoms with Gasteiger partial charge in [-0.15, -0.1) is 0 Å². The molecule has 0 saturated carbocycles. The summed E-state index contributed by atoms with van der Waals surface area (Å²) in [6, 6.07) is 3.51. The van der Waals surface area contributed by atoms with E-state index in [0.29, 0.717) is 38.5 Å². The van der Waals surface area contributed by atoms with Crippen LogP contribution in [0.5, 0.6) is 0 Å². The van der Waals surface area contributed by atoms with Crippen LogP contribution in [0, 0.1) is 5.92 Å². The van der Waals surface area contributed by atoms with Crippen LogP contribution in [0.3, 0.4) is 0 Å². The third-order valence-electron chi connectivity index (χ3n) is 5.79. The zero-order valence-corrected chi connectivity index (χ0v) is 18.4. The number of pyridine rings is 1.